The minimum absolute atomic E-state index is 0.0680. The fourth-order valence-electron chi connectivity index (χ4n) is 1.58. The summed E-state index contributed by atoms with van der Waals surface area (Å²) in [5.41, 5.74) is 0.570. The van der Waals surface area contributed by atoms with Gasteiger partial charge >= 0.3 is 5.69 Å². The number of anilines is 1. The van der Waals surface area contributed by atoms with Gasteiger partial charge in [-0.15, -0.1) is 0 Å². The Balaban J connectivity index is 2.12. The fourth-order valence-corrected chi connectivity index (χ4v) is 2.04. The summed E-state index contributed by atoms with van der Waals surface area (Å²) in [6.07, 6.45) is 0. The van der Waals surface area contributed by atoms with E-state index in [1.54, 1.807) is 12.1 Å². The van der Waals surface area contributed by atoms with Gasteiger partial charge in [0, 0.05) is 11.8 Å². The third kappa shape index (κ3) is 3.37. The number of benzene rings is 1. The highest BCUT2D eigenvalue weighted by Gasteiger charge is 2.15. The second-order valence-corrected chi connectivity index (χ2v) is 4.77. The number of hydrogen-bond acceptors (Lipinski definition) is 5. The van der Waals surface area contributed by atoms with Crippen LogP contribution in [0.4, 0.5) is 11.4 Å². The van der Waals surface area contributed by atoms with Crippen LogP contribution in [-0.4, -0.2) is 12.0 Å². The maximum Gasteiger partial charge on any atom is 0.312 e. The molecule has 1 heterocycles. The number of methoxy groups -OCH3 is 1. The summed E-state index contributed by atoms with van der Waals surface area (Å²) in [6, 6.07) is 8.43. The van der Waals surface area contributed by atoms with E-state index in [2.05, 4.69) is 27.9 Å². The van der Waals surface area contributed by atoms with Crippen LogP contribution in [0.1, 0.15) is 5.76 Å². The van der Waals surface area contributed by atoms with Gasteiger partial charge < -0.3 is 14.5 Å². The summed E-state index contributed by atoms with van der Waals surface area (Å²) >= 11 is 2.08. The molecule has 0 aliphatic heterocycles. The van der Waals surface area contributed by atoms with E-state index < -0.39 is 4.92 Å². The molecule has 0 fully saturated rings. The van der Waals surface area contributed by atoms with Crippen molar-refractivity contribution < 1.29 is 14.1 Å². The zero-order valence-corrected chi connectivity index (χ0v) is 12.2. The predicted octanol–water partition coefficient (Wildman–Crippen LogP) is 3.41. The molecule has 0 amide bonds. The Morgan fingerprint density at radius 1 is 1.42 bits per heavy atom. The molecule has 0 spiro atoms. The second kappa shape index (κ2) is 5.91. The molecule has 0 aliphatic carbocycles. The van der Waals surface area contributed by atoms with Gasteiger partial charge in [0.25, 0.3) is 0 Å². The third-order valence-corrected chi connectivity index (χ3v) is 3.05. The lowest BCUT2D eigenvalue weighted by atomic mass is 10.2. The summed E-state index contributed by atoms with van der Waals surface area (Å²) in [6.45, 7) is 0.465. The molecule has 2 rings (SSSR count). The Morgan fingerprint density at radius 2 is 2.21 bits per heavy atom. The van der Waals surface area contributed by atoms with Gasteiger partial charge in [0.15, 0.2) is 9.52 Å². The number of ether oxygens (including phenoxy) is 1. The molecule has 1 aromatic carbocycles. The van der Waals surface area contributed by atoms with E-state index >= 15 is 0 Å². The lowest BCUT2D eigenvalue weighted by Crippen LogP contribution is -2.00. The first-order valence-electron chi connectivity index (χ1n) is 5.40. The maximum absolute atomic E-state index is 10.9. The van der Waals surface area contributed by atoms with Crippen LogP contribution < -0.4 is 10.1 Å². The van der Waals surface area contributed by atoms with Crippen LogP contribution in [0.15, 0.2) is 34.7 Å². The highest BCUT2D eigenvalue weighted by molar-refractivity contribution is 14.1. The second-order valence-electron chi connectivity index (χ2n) is 3.70. The van der Waals surface area contributed by atoms with Gasteiger partial charge in [0.1, 0.15) is 5.76 Å². The topological polar surface area (TPSA) is 77.5 Å². The molecule has 0 radical (unpaired) electrons. The molecule has 0 atom stereocenters. The van der Waals surface area contributed by atoms with Crippen LogP contribution in [0.5, 0.6) is 5.75 Å². The smallest absolute Gasteiger partial charge is 0.312 e. The van der Waals surface area contributed by atoms with Crippen molar-refractivity contribution in [1.82, 2.24) is 0 Å². The predicted molar refractivity (Wildman–Crippen MR) is 78.4 cm³/mol. The van der Waals surface area contributed by atoms with Gasteiger partial charge in [0.05, 0.1) is 18.6 Å². The molecular weight excluding hydrogens is 363 g/mol. The molecule has 2 aromatic rings. The first kappa shape index (κ1) is 13.7. The van der Waals surface area contributed by atoms with E-state index in [0.717, 1.165) is 9.53 Å². The average Bonchev–Trinajstić information content (AvgIpc) is 2.81. The van der Waals surface area contributed by atoms with Crippen molar-refractivity contribution in [1.29, 1.82) is 0 Å². The zero-order valence-electron chi connectivity index (χ0n) is 10.1. The van der Waals surface area contributed by atoms with Crippen LogP contribution in [0.25, 0.3) is 0 Å². The molecule has 0 bridgehead atoms. The van der Waals surface area contributed by atoms with Crippen molar-refractivity contribution in [2.45, 2.75) is 6.54 Å². The summed E-state index contributed by atoms with van der Waals surface area (Å²) in [5, 5.41) is 14.0. The van der Waals surface area contributed by atoms with Crippen LogP contribution in [0.2, 0.25) is 0 Å². The first-order valence-corrected chi connectivity index (χ1v) is 6.48. The lowest BCUT2D eigenvalue weighted by Gasteiger charge is -2.06. The van der Waals surface area contributed by atoms with E-state index in [1.165, 1.54) is 13.2 Å². The molecule has 1 N–H and O–H groups in total. The Kier molecular flexibility index (Phi) is 4.25. The summed E-state index contributed by atoms with van der Waals surface area (Å²) in [5.74, 6) is 1.01. The number of rotatable bonds is 5. The van der Waals surface area contributed by atoms with E-state index in [1.807, 2.05) is 12.1 Å². The summed E-state index contributed by atoms with van der Waals surface area (Å²) < 4.78 is 11.1. The molecule has 7 heteroatoms. The molecule has 19 heavy (non-hydrogen) atoms. The normalized spacial score (nSPS) is 10.2. The van der Waals surface area contributed by atoms with Gasteiger partial charge in [-0.2, -0.15) is 0 Å². The van der Waals surface area contributed by atoms with Crippen molar-refractivity contribution in [3.8, 4) is 5.75 Å². The van der Waals surface area contributed by atoms with Crippen molar-refractivity contribution >= 4 is 34.0 Å². The standard InChI is InChI=1S/C12H11IN2O4/c1-18-11-4-2-8(6-10(11)15(16)17)14-7-9-3-5-12(13)19-9/h2-6,14H,7H2,1H3. The van der Waals surface area contributed by atoms with Crippen molar-refractivity contribution in [3.63, 3.8) is 0 Å². The van der Waals surface area contributed by atoms with Gasteiger partial charge in [-0.05, 0) is 46.9 Å². The van der Waals surface area contributed by atoms with Gasteiger partial charge in [-0.25, -0.2) is 0 Å². The quantitative estimate of drug-likeness (QED) is 0.493. The highest BCUT2D eigenvalue weighted by Crippen LogP contribution is 2.29. The number of nitro benzene ring substituents is 1. The zero-order chi connectivity index (χ0) is 13.8. The summed E-state index contributed by atoms with van der Waals surface area (Å²) in [7, 11) is 1.40. The largest absolute Gasteiger partial charge is 0.490 e. The highest BCUT2D eigenvalue weighted by atomic mass is 127. The van der Waals surface area contributed by atoms with E-state index in [9.17, 15) is 10.1 Å². The first-order chi connectivity index (χ1) is 9.10. The van der Waals surface area contributed by atoms with Crippen molar-refractivity contribution in [2.24, 2.45) is 0 Å². The monoisotopic (exact) mass is 374 g/mol. The number of nitrogens with zero attached hydrogens (tertiary/aromatic N) is 1. The molecule has 6 nitrogen and oxygen atoms in total. The summed E-state index contributed by atoms with van der Waals surface area (Å²) in [4.78, 5) is 10.4. The van der Waals surface area contributed by atoms with Crippen LogP contribution in [0.3, 0.4) is 0 Å². The van der Waals surface area contributed by atoms with Crippen molar-refractivity contribution in [3.05, 3.63) is 50.0 Å². The molecule has 0 aliphatic rings. The Bertz CT molecular complexity index is 597. The SMILES string of the molecule is COc1ccc(NCc2ccc(I)o2)cc1[N+](=O)[O-]. The molecule has 0 saturated heterocycles. The minimum Gasteiger partial charge on any atom is -0.490 e. The lowest BCUT2D eigenvalue weighted by molar-refractivity contribution is -0.385. The van der Waals surface area contributed by atoms with E-state index in [4.69, 9.17) is 9.15 Å². The average molecular weight is 374 g/mol. The number of nitrogens with one attached hydrogen (secondary N) is 1. The van der Waals surface area contributed by atoms with E-state index in [-0.39, 0.29) is 11.4 Å². The minimum atomic E-state index is -0.472. The number of nitro groups is 1. The Hall–Kier alpha value is -1.77. The number of halogens is 1. The van der Waals surface area contributed by atoms with Crippen molar-refractivity contribution in [2.75, 3.05) is 12.4 Å². The maximum atomic E-state index is 10.9. The van der Waals surface area contributed by atoms with Crippen LogP contribution in [0, 0.1) is 13.9 Å². The molecular formula is C12H11IN2O4. The Labute approximate surface area is 123 Å². The van der Waals surface area contributed by atoms with E-state index in [0.29, 0.717) is 12.2 Å². The molecule has 0 unspecified atom stereocenters. The number of furan rings is 1. The third-order valence-electron chi connectivity index (χ3n) is 2.47. The molecule has 100 valence electrons. The fraction of sp³-hybridized carbons (Fsp3) is 0.167. The van der Waals surface area contributed by atoms with Crippen LogP contribution in [-0.2, 0) is 6.54 Å². The molecule has 1 aromatic heterocycles. The van der Waals surface area contributed by atoms with Crippen LogP contribution >= 0.6 is 22.6 Å². The van der Waals surface area contributed by atoms with Gasteiger partial charge in [-0.3, -0.25) is 10.1 Å². The Morgan fingerprint density at radius 3 is 2.79 bits per heavy atom. The number of hydrogen-bond donors (Lipinski definition) is 1. The van der Waals surface area contributed by atoms with Gasteiger partial charge in [0.2, 0.25) is 0 Å². The molecule has 0 saturated carbocycles. The van der Waals surface area contributed by atoms with Gasteiger partial charge in [-0.1, -0.05) is 0 Å².